The molecule has 1 saturated heterocycles. The van der Waals surface area contributed by atoms with Gasteiger partial charge in [-0.05, 0) is 50.7 Å². The van der Waals surface area contributed by atoms with Crippen molar-refractivity contribution in [2.24, 2.45) is 11.8 Å². The quantitative estimate of drug-likeness (QED) is 0.786. The molecule has 0 bridgehead atoms. The Morgan fingerprint density at radius 3 is 2.48 bits per heavy atom. The van der Waals surface area contributed by atoms with Gasteiger partial charge < -0.3 is 4.74 Å². The maximum atomic E-state index is 13.2. The van der Waals surface area contributed by atoms with Crippen LogP contribution in [-0.4, -0.2) is 31.1 Å². The standard InChI is InChI=1S/C16H24ClNO3S2/c1-11-4-6-12(7-5-11)13-10-21-16(2,3)18(13)23(19,20)15-9-8-14(17)22-15/h8-9,11-13H,4-7,10H2,1-3H3/t11?,12?,13-/m1/s1. The lowest BCUT2D eigenvalue weighted by atomic mass is 9.79. The number of halogens is 1. The largest absolute Gasteiger partial charge is 0.358 e. The van der Waals surface area contributed by atoms with E-state index in [-0.39, 0.29) is 6.04 Å². The summed E-state index contributed by atoms with van der Waals surface area (Å²) >= 11 is 7.06. The molecule has 1 atom stereocenters. The first-order valence-corrected chi connectivity index (χ1v) is 10.8. The second-order valence-electron chi connectivity index (χ2n) is 7.20. The van der Waals surface area contributed by atoms with Crippen molar-refractivity contribution in [2.75, 3.05) is 6.61 Å². The Morgan fingerprint density at radius 2 is 1.91 bits per heavy atom. The Bertz CT molecular complexity index is 663. The van der Waals surface area contributed by atoms with Gasteiger partial charge in [-0.15, -0.1) is 11.3 Å². The van der Waals surface area contributed by atoms with Crippen LogP contribution in [0.4, 0.5) is 0 Å². The minimum atomic E-state index is -3.60. The van der Waals surface area contributed by atoms with Crippen LogP contribution >= 0.6 is 22.9 Å². The number of hydrogen-bond donors (Lipinski definition) is 0. The van der Waals surface area contributed by atoms with Gasteiger partial charge in [-0.2, -0.15) is 4.31 Å². The highest BCUT2D eigenvalue weighted by Crippen LogP contribution is 2.42. The number of sulfonamides is 1. The Hall–Kier alpha value is -0.140. The first-order valence-electron chi connectivity index (χ1n) is 8.15. The zero-order valence-corrected chi connectivity index (χ0v) is 16.2. The SMILES string of the molecule is CC1CCC([C@H]2COC(C)(C)N2S(=O)(=O)c2ccc(Cl)s2)CC1. The average Bonchev–Trinajstić information content (AvgIpc) is 3.03. The maximum absolute atomic E-state index is 13.2. The molecule has 1 saturated carbocycles. The van der Waals surface area contributed by atoms with Crippen LogP contribution in [0.2, 0.25) is 4.34 Å². The van der Waals surface area contributed by atoms with Crippen LogP contribution < -0.4 is 0 Å². The Balaban J connectivity index is 1.92. The third-order valence-corrected chi connectivity index (χ3v) is 8.89. The van der Waals surface area contributed by atoms with Gasteiger partial charge in [0.25, 0.3) is 10.0 Å². The molecule has 130 valence electrons. The van der Waals surface area contributed by atoms with Gasteiger partial charge in [0.2, 0.25) is 0 Å². The van der Waals surface area contributed by atoms with Crippen LogP contribution in [0.3, 0.4) is 0 Å². The molecular weight excluding hydrogens is 354 g/mol. The molecule has 0 unspecified atom stereocenters. The van der Waals surface area contributed by atoms with E-state index in [1.54, 1.807) is 16.4 Å². The second kappa shape index (κ2) is 6.30. The molecule has 0 aromatic carbocycles. The molecule has 3 rings (SSSR count). The summed E-state index contributed by atoms with van der Waals surface area (Å²) in [5.41, 5.74) is -0.816. The summed E-state index contributed by atoms with van der Waals surface area (Å²) in [6, 6.07) is 3.15. The fourth-order valence-corrected chi connectivity index (χ4v) is 7.32. The Labute approximate surface area is 147 Å². The summed E-state index contributed by atoms with van der Waals surface area (Å²) in [6.07, 6.45) is 4.48. The van der Waals surface area contributed by atoms with Crippen LogP contribution in [0.25, 0.3) is 0 Å². The lowest BCUT2D eigenvalue weighted by Gasteiger charge is -2.37. The topological polar surface area (TPSA) is 46.6 Å². The summed E-state index contributed by atoms with van der Waals surface area (Å²) in [5.74, 6) is 1.11. The van der Waals surface area contributed by atoms with Crippen LogP contribution in [0, 0.1) is 11.8 Å². The highest BCUT2D eigenvalue weighted by molar-refractivity contribution is 7.91. The van der Waals surface area contributed by atoms with Gasteiger partial charge in [0, 0.05) is 0 Å². The molecule has 2 fully saturated rings. The van der Waals surface area contributed by atoms with Crippen molar-refractivity contribution < 1.29 is 13.2 Å². The van der Waals surface area contributed by atoms with Crippen LogP contribution in [0.5, 0.6) is 0 Å². The number of hydrogen-bond acceptors (Lipinski definition) is 4. The number of nitrogens with zero attached hydrogens (tertiary/aromatic N) is 1. The van der Waals surface area contributed by atoms with Crippen molar-refractivity contribution in [2.45, 2.75) is 62.4 Å². The summed E-state index contributed by atoms with van der Waals surface area (Å²) in [5, 5.41) is 0. The minimum Gasteiger partial charge on any atom is -0.358 e. The van der Waals surface area contributed by atoms with Gasteiger partial charge in [0.05, 0.1) is 17.0 Å². The first-order chi connectivity index (χ1) is 10.7. The number of thiophene rings is 1. The molecule has 1 aliphatic carbocycles. The highest BCUT2D eigenvalue weighted by atomic mass is 35.5. The molecule has 4 nitrogen and oxygen atoms in total. The zero-order valence-electron chi connectivity index (χ0n) is 13.8. The number of ether oxygens (including phenoxy) is 1. The number of rotatable bonds is 3. The molecule has 1 aliphatic heterocycles. The van der Waals surface area contributed by atoms with E-state index < -0.39 is 15.7 Å². The summed E-state index contributed by atoms with van der Waals surface area (Å²) in [4.78, 5) is 0. The molecule has 0 spiro atoms. The lowest BCUT2D eigenvalue weighted by molar-refractivity contribution is -0.0165. The minimum absolute atomic E-state index is 0.0802. The molecule has 2 aliphatic rings. The normalized spacial score (nSPS) is 32.3. The van der Waals surface area contributed by atoms with Gasteiger partial charge in [-0.25, -0.2) is 8.42 Å². The van der Waals surface area contributed by atoms with E-state index in [0.717, 1.165) is 30.1 Å². The van der Waals surface area contributed by atoms with Gasteiger partial charge in [-0.3, -0.25) is 0 Å². The molecule has 7 heteroatoms. The van der Waals surface area contributed by atoms with Gasteiger partial charge in [0.1, 0.15) is 9.93 Å². The third-order valence-electron chi connectivity index (χ3n) is 5.11. The first kappa shape index (κ1) is 17.7. The van der Waals surface area contributed by atoms with Gasteiger partial charge >= 0.3 is 0 Å². The second-order valence-corrected chi connectivity index (χ2v) is 11.0. The van der Waals surface area contributed by atoms with Crippen molar-refractivity contribution in [3.8, 4) is 0 Å². The smallest absolute Gasteiger partial charge is 0.255 e. The van der Waals surface area contributed by atoms with E-state index >= 15 is 0 Å². The van der Waals surface area contributed by atoms with Crippen LogP contribution in [0.1, 0.15) is 46.5 Å². The summed E-state index contributed by atoms with van der Waals surface area (Å²) in [7, 11) is -3.60. The van der Waals surface area contributed by atoms with E-state index in [9.17, 15) is 8.42 Å². The molecule has 2 heterocycles. The van der Waals surface area contributed by atoms with E-state index in [0.29, 0.717) is 21.1 Å². The zero-order chi connectivity index (χ0) is 16.8. The molecular formula is C16H24ClNO3S2. The van der Waals surface area contributed by atoms with E-state index in [1.165, 1.54) is 12.8 Å². The summed E-state index contributed by atoms with van der Waals surface area (Å²) < 4.78 is 34.6. The van der Waals surface area contributed by atoms with Crippen molar-refractivity contribution in [1.29, 1.82) is 0 Å². The molecule has 0 N–H and O–H groups in total. The maximum Gasteiger partial charge on any atom is 0.255 e. The highest BCUT2D eigenvalue weighted by Gasteiger charge is 2.51. The predicted octanol–water partition coefficient (Wildman–Crippen LogP) is 4.35. The predicted molar refractivity (Wildman–Crippen MR) is 93.3 cm³/mol. The third kappa shape index (κ3) is 3.33. The fourth-order valence-electron chi connectivity index (χ4n) is 3.82. The lowest BCUT2D eigenvalue weighted by Crippen LogP contribution is -2.50. The van der Waals surface area contributed by atoms with Crippen molar-refractivity contribution >= 4 is 33.0 Å². The van der Waals surface area contributed by atoms with E-state index in [2.05, 4.69) is 6.92 Å². The molecule has 1 aromatic heterocycles. The molecule has 1 aromatic rings. The Morgan fingerprint density at radius 1 is 1.26 bits per heavy atom. The van der Waals surface area contributed by atoms with Gasteiger partial charge in [-0.1, -0.05) is 31.4 Å². The molecule has 23 heavy (non-hydrogen) atoms. The van der Waals surface area contributed by atoms with Crippen LogP contribution in [-0.2, 0) is 14.8 Å². The monoisotopic (exact) mass is 377 g/mol. The molecule has 0 radical (unpaired) electrons. The van der Waals surface area contributed by atoms with Gasteiger partial charge in [0.15, 0.2) is 0 Å². The van der Waals surface area contributed by atoms with Crippen molar-refractivity contribution in [3.63, 3.8) is 0 Å². The fraction of sp³-hybridized carbons (Fsp3) is 0.750. The van der Waals surface area contributed by atoms with E-state index in [4.69, 9.17) is 16.3 Å². The van der Waals surface area contributed by atoms with E-state index in [1.807, 2.05) is 13.8 Å². The van der Waals surface area contributed by atoms with Crippen molar-refractivity contribution in [1.82, 2.24) is 4.31 Å². The summed E-state index contributed by atoms with van der Waals surface area (Å²) in [6.45, 7) is 6.42. The average molecular weight is 378 g/mol. The van der Waals surface area contributed by atoms with Crippen LogP contribution in [0.15, 0.2) is 16.3 Å². The molecule has 0 amide bonds. The van der Waals surface area contributed by atoms with Crippen molar-refractivity contribution in [3.05, 3.63) is 16.5 Å². The Kier molecular flexibility index (Phi) is 4.84.